The molecule has 2 aromatic rings. The second kappa shape index (κ2) is 6.15. The van der Waals surface area contributed by atoms with Crippen molar-refractivity contribution in [2.75, 3.05) is 13.7 Å². The molecule has 100 valence electrons. The van der Waals surface area contributed by atoms with Crippen molar-refractivity contribution in [3.05, 3.63) is 36.5 Å². The summed E-state index contributed by atoms with van der Waals surface area (Å²) in [6.45, 7) is 0.339. The van der Waals surface area contributed by atoms with Gasteiger partial charge in [-0.1, -0.05) is 6.07 Å². The van der Waals surface area contributed by atoms with E-state index in [0.29, 0.717) is 13.0 Å². The summed E-state index contributed by atoms with van der Waals surface area (Å²) in [5.74, 6) is -0.142. The molecule has 5 nitrogen and oxygen atoms in total. The zero-order chi connectivity index (χ0) is 13.7. The van der Waals surface area contributed by atoms with Crippen molar-refractivity contribution in [3.8, 4) is 5.75 Å². The number of ether oxygens (including phenoxy) is 1. The first kappa shape index (κ1) is 13.3. The number of carboxylic acid groups (broad SMARTS) is 1. The van der Waals surface area contributed by atoms with Crippen LogP contribution in [0.5, 0.6) is 5.75 Å². The Kier molecular flexibility index (Phi) is 4.30. The Balaban J connectivity index is 2.04. The van der Waals surface area contributed by atoms with Crippen molar-refractivity contribution in [2.24, 2.45) is 0 Å². The maximum Gasteiger partial charge on any atom is 0.320 e. The molecule has 0 aliphatic carbocycles. The summed E-state index contributed by atoms with van der Waals surface area (Å²) in [5, 5.41) is 12.6. The van der Waals surface area contributed by atoms with E-state index in [-0.39, 0.29) is 0 Å². The topological polar surface area (TPSA) is 71.5 Å². The predicted molar refractivity (Wildman–Crippen MR) is 72.3 cm³/mol. The summed E-state index contributed by atoms with van der Waals surface area (Å²) in [5.41, 5.74) is 0.864. The van der Waals surface area contributed by atoms with Crippen LogP contribution >= 0.6 is 0 Å². The molecular weight excluding hydrogens is 244 g/mol. The third-order valence-corrected chi connectivity index (χ3v) is 2.92. The molecule has 0 aliphatic rings. The SMILES string of the molecule is CNC(CCOc1cccc2ncccc12)C(=O)O. The summed E-state index contributed by atoms with van der Waals surface area (Å²) >= 11 is 0. The number of pyridine rings is 1. The van der Waals surface area contributed by atoms with Gasteiger partial charge in [-0.25, -0.2) is 0 Å². The van der Waals surface area contributed by atoms with Crippen molar-refractivity contribution < 1.29 is 14.6 Å². The first-order valence-corrected chi connectivity index (χ1v) is 6.09. The number of aromatic nitrogens is 1. The average molecular weight is 260 g/mol. The molecule has 0 saturated heterocycles. The van der Waals surface area contributed by atoms with Gasteiger partial charge in [0.25, 0.3) is 0 Å². The minimum Gasteiger partial charge on any atom is -0.493 e. The van der Waals surface area contributed by atoms with Gasteiger partial charge in [-0.05, 0) is 31.3 Å². The summed E-state index contributed by atoms with van der Waals surface area (Å²) in [6.07, 6.45) is 2.13. The average Bonchev–Trinajstić information content (AvgIpc) is 2.43. The van der Waals surface area contributed by atoms with Gasteiger partial charge in [0, 0.05) is 18.0 Å². The van der Waals surface area contributed by atoms with E-state index in [0.717, 1.165) is 16.7 Å². The van der Waals surface area contributed by atoms with Crippen LogP contribution in [0.15, 0.2) is 36.5 Å². The molecule has 0 saturated carbocycles. The van der Waals surface area contributed by atoms with E-state index in [2.05, 4.69) is 10.3 Å². The molecule has 0 spiro atoms. The zero-order valence-corrected chi connectivity index (χ0v) is 10.7. The molecule has 1 heterocycles. The van der Waals surface area contributed by atoms with Crippen LogP contribution in [0.1, 0.15) is 6.42 Å². The highest BCUT2D eigenvalue weighted by molar-refractivity contribution is 5.84. The van der Waals surface area contributed by atoms with E-state index in [9.17, 15) is 4.79 Å². The molecule has 0 aliphatic heterocycles. The number of carbonyl (C=O) groups is 1. The lowest BCUT2D eigenvalue weighted by Crippen LogP contribution is -2.35. The van der Waals surface area contributed by atoms with Crippen molar-refractivity contribution in [2.45, 2.75) is 12.5 Å². The number of carboxylic acids is 1. The van der Waals surface area contributed by atoms with E-state index < -0.39 is 12.0 Å². The van der Waals surface area contributed by atoms with Crippen LogP contribution in [0, 0.1) is 0 Å². The first-order valence-electron chi connectivity index (χ1n) is 6.09. The smallest absolute Gasteiger partial charge is 0.320 e. The Labute approximate surface area is 111 Å². The van der Waals surface area contributed by atoms with Gasteiger partial charge in [0.15, 0.2) is 0 Å². The van der Waals surface area contributed by atoms with Gasteiger partial charge in [-0.3, -0.25) is 9.78 Å². The second-order valence-corrected chi connectivity index (χ2v) is 4.14. The Morgan fingerprint density at radius 1 is 1.42 bits per heavy atom. The number of rotatable bonds is 6. The van der Waals surface area contributed by atoms with Gasteiger partial charge in [0.2, 0.25) is 0 Å². The standard InChI is InChI=1S/C14H16N2O3/c1-15-12(14(17)18)7-9-19-13-6-2-5-11-10(13)4-3-8-16-11/h2-6,8,12,15H,7,9H2,1H3,(H,17,18). The van der Waals surface area contributed by atoms with Crippen molar-refractivity contribution in [1.82, 2.24) is 10.3 Å². The van der Waals surface area contributed by atoms with Crippen LogP contribution in [0.4, 0.5) is 0 Å². The molecule has 1 aromatic heterocycles. The fourth-order valence-electron chi connectivity index (χ4n) is 1.88. The molecule has 19 heavy (non-hydrogen) atoms. The molecule has 5 heteroatoms. The Hall–Kier alpha value is -2.14. The van der Waals surface area contributed by atoms with Crippen LogP contribution in [-0.4, -0.2) is 35.8 Å². The molecule has 0 bridgehead atoms. The van der Waals surface area contributed by atoms with Gasteiger partial charge in [-0.2, -0.15) is 0 Å². The molecule has 2 N–H and O–H groups in total. The maximum atomic E-state index is 10.9. The number of benzene rings is 1. The predicted octanol–water partition coefficient (Wildman–Crippen LogP) is 1.68. The van der Waals surface area contributed by atoms with Crippen LogP contribution in [0.2, 0.25) is 0 Å². The van der Waals surface area contributed by atoms with E-state index in [1.54, 1.807) is 13.2 Å². The lowest BCUT2D eigenvalue weighted by Gasteiger charge is -2.13. The van der Waals surface area contributed by atoms with E-state index >= 15 is 0 Å². The molecule has 0 fully saturated rings. The molecule has 1 unspecified atom stereocenters. The van der Waals surface area contributed by atoms with Crippen molar-refractivity contribution in [3.63, 3.8) is 0 Å². The van der Waals surface area contributed by atoms with E-state index in [1.807, 2.05) is 30.3 Å². The summed E-state index contributed by atoms with van der Waals surface area (Å²) in [7, 11) is 1.63. The second-order valence-electron chi connectivity index (χ2n) is 4.14. The molecular formula is C14H16N2O3. The Bertz CT molecular complexity index is 566. The van der Waals surface area contributed by atoms with Crippen molar-refractivity contribution in [1.29, 1.82) is 0 Å². The number of nitrogens with one attached hydrogen (secondary N) is 1. The highest BCUT2D eigenvalue weighted by Gasteiger charge is 2.14. The van der Waals surface area contributed by atoms with Crippen molar-refractivity contribution >= 4 is 16.9 Å². The van der Waals surface area contributed by atoms with E-state index in [4.69, 9.17) is 9.84 Å². The molecule has 0 amide bonds. The van der Waals surface area contributed by atoms with E-state index in [1.165, 1.54) is 0 Å². The van der Waals surface area contributed by atoms with Crippen LogP contribution in [0.25, 0.3) is 10.9 Å². The minimum atomic E-state index is -0.870. The largest absolute Gasteiger partial charge is 0.493 e. The molecule has 2 rings (SSSR count). The molecule has 0 radical (unpaired) electrons. The van der Waals surface area contributed by atoms with Gasteiger partial charge >= 0.3 is 5.97 Å². The highest BCUT2D eigenvalue weighted by Crippen LogP contribution is 2.23. The maximum absolute atomic E-state index is 10.9. The number of fused-ring (bicyclic) bond motifs is 1. The van der Waals surface area contributed by atoms with Gasteiger partial charge in [0.05, 0.1) is 12.1 Å². The van der Waals surface area contributed by atoms with Gasteiger partial charge in [-0.15, -0.1) is 0 Å². The highest BCUT2D eigenvalue weighted by atomic mass is 16.5. The zero-order valence-electron chi connectivity index (χ0n) is 10.7. The monoisotopic (exact) mass is 260 g/mol. The van der Waals surface area contributed by atoms with Crippen LogP contribution in [-0.2, 0) is 4.79 Å². The summed E-state index contributed by atoms with van der Waals surface area (Å²) in [4.78, 5) is 15.1. The third-order valence-electron chi connectivity index (χ3n) is 2.92. The quantitative estimate of drug-likeness (QED) is 0.826. The Morgan fingerprint density at radius 3 is 3.00 bits per heavy atom. The number of nitrogens with zero attached hydrogens (tertiary/aromatic N) is 1. The number of aliphatic carboxylic acids is 1. The fraction of sp³-hybridized carbons (Fsp3) is 0.286. The summed E-state index contributed by atoms with van der Waals surface area (Å²) < 4.78 is 5.66. The molecule has 1 aromatic carbocycles. The summed E-state index contributed by atoms with van der Waals surface area (Å²) in [6, 6.07) is 8.84. The van der Waals surface area contributed by atoms with Crippen LogP contribution < -0.4 is 10.1 Å². The molecule has 1 atom stereocenters. The minimum absolute atomic E-state index is 0.339. The lowest BCUT2D eigenvalue weighted by atomic mass is 10.2. The first-order chi connectivity index (χ1) is 9.22. The number of hydrogen-bond donors (Lipinski definition) is 2. The number of hydrogen-bond acceptors (Lipinski definition) is 4. The van der Waals surface area contributed by atoms with Gasteiger partial charge < -0.3 is 15.2 Å². The normalized spacial score (nSPS) is 12.3. The van der Waals surface area contributed by atoms with Gasteiger partial charge in [0.1, 0.15) is 11.8 Å². The fourth-order valence-corrected chi connectivity index (χ4v) is 1.88. The lowest BCUT2D eigenvalue weighted by molar-refractivity contribution is -0.139. The Morgan fingerprint density at radius 2 is 2.26 bits per heavy atom. The number of likely N-dealkylation sites (N-methyl/N-ethyl adjacent to an activating group) is 1. The van der Waals surface area contributed by atoms with Crippen LogP contribution in [0.3, 0.4) is 0 Å². The third kappa shape index (κ3) is 3.20.